The van der Waals surface area contributed by atoms with E-state index in [1.54, 1.807) is 0 Å². The monoisotopic (exact) mass is 445 g/mol. The van der Waals surface area contributed by atoms with Gasteiger partial charge in [0.2, 0.25) is 0 Å². The highest BCUT2D eigenvalue weighted by Crippen LogP contribution is 2.24. The highest BCUT2D eigenvalue weighted by atomic mass is 15.3. The number of benzene rings is 2. The maximum absolute atomic E-state index is 4.87. The van der Waals surface area contributed by atoms with Crippen LogP contribution < -0.4 is 10.2 Å². The minimum atomic E-state index is 0.227. The standard InChI is InChI=1S/C28H39N5/c1-21-10-9-13-28(24(21)4)32-18-16-31(17-19-32)15-14-22(2)29-25(5)27-20-23(3)33(30-27)26-11-7-6-8-12-26/h6-13,20,22,25,29H,14-19H2,1-5H3. The van der Waals surface area contributed by atoms with Gasteiger partial charge in [0, 0.05) is 49.6 Å². The summed E-state index contributed by atoms with van der Waals surface area (Å²) in [7, 11) is 0. The van der Waals surface area contributed by atoms with Crippen LogP contribution in [0.15, 0.2) is 54.6 Å². The third-order valence-corrected chi connectivity index (χ3v) is 7.05. The van der Waals surface area contributed by atoms with Crippen LogP contribution in [0.4, 0.5) is 5.69 Å². The van der Waals surface area contributed by atoms with Crippen molar-refractivity contribution in [1.29, 1.82) is 0 Å². The predicted octanol–water partition coefficient (Wildman–Crippen LogP) is 5.05. The van der Waals surface area contributed by atoms with Gasteiger partial charge in [0.15, 0.2) is 0 Å². The highest BCUT2D eigenvalue weighted by Gasteiger charge is 2.20. The topological polar surface area (TPSA) is 36.3 Å². The summed E-state index contributed by atoms with van der Waals surface area (Å²) in [4.78, 5) is 5.16. The van der Waals surface area contributed by atoms with Gasteiger partial charge in [-0.3, -0.25) is 4.90 Å². The van der Waals surface area contributed by atoms with Crippen molar-refractivity contribution >= 4 is 5.69 Å². The van der Waals surface area contributed by atoms with Gasteiger partial charge in [-0.05, 0) is 83.0 Å². The van der Waals surface area contributed by atoms with E-state index in [-0.39, 0.29) is 6.04 Å². The van der Waals surface area contributed by atoms with Crippen LogP contribution in [-0.2, 0) is 0 Å². The fourth-order valence-electron chi connectivity index (χ4n) is 4.80. The Hall–Kier alpha value is -2.63. The number of rotatable bonds is 8. The molecule has 0 bridgehead atoms. The average Bonchev–Trinajstić information content (AvgIpc) is 3.22. The van der Waals surface area contributed by atoms with Crippen molar-refractivity contribution in [2.24, 2.45) is 0 Å². The largest absolute Gasteiger partial charge is 0.369 e. The molecule has 0 aliphatic carbocycles. The van der Waals surface area contributed by atoms with Gasteiger partial charge < -0.3 is 10.2 Å². The van der Waals surface area contributed by atoms with Crippen LogP contribution in [-0.4, -0.2) is 53.4 Å². The van der Waals surface area contributed by atoms with E-state index < -0.39 is 0 Å². The predicted molar refractivity (Wildman–Crippen MR) is 138 cm³/mol. The Kier molecular flexibility index (Phi) is 7.51. The smallest absolute Gasteiger partial charge is 0.0798 e. The zero-order valence-electron chi connectivity index (χ0n) is 20.9. The molecule has 1 aliphatic heterocycles. The number of hydrogen-bond donors (Lipinski definition) is 1. The maximum Gasteiger partial charge on any atom is 0.0798 e. The third-order valence-electron chi connectivity index (χ3n) is 7.05. The zero-order chi connectivity index (χ0) is 23.4. The molecule has 0 amide bonds. The molecule has 5 nitrogen and oxygen atoms in total. The summed E-state index contributed by atoms with van der Waals surface area (Å²) in [5.74, 6) is 0. The minimum Gasteiger partial charge on any atom is -0.369 e. The van der Waals surface area contributed by atoms with Crippen molar-refractivity contribution in [3.05, 3.63) is 77.1 Å². The summed E-state index contributed by atoms with van der Waals surface area (Å²) in [5, 5.41) is 8.63. The van der Waals surface area contributed by atoms with Crippen molar-refractivity contribution < 1.29 is 0 Å². The van der Waals surface area contributed by atoms with E-state index in [0.717, 1.165) is 50.5 Å². The SMILES string of the molecule is Cc1cccc(N2CCN(CCC(C)NC(C)c3cc(C)n(-c4ccccc4)n3)CC2)c1C. The fraction of sp³-hybridized carbons (Fsp3) is 0.464. The van der Waals surface area contributed by atoms with E-state index in [4.69, 9.17) is 5.10 Å². The third kappa shape index (κ3) is 5.66. The molecule has 33 heavy (non-hydrogen) atoms. The van der Waals surface area contributed by atoms with Crippen molar-refractivity contribution in [3.8, 4) is 5.69 Å². The summed E-state index contributed by atoms with van der Waals surface area (Å²) >= 11 is 0. The molecule has 1 fully saturated rings. The minimum absolute atomic E-state index is 0.227. The van der Waals surface area contributed by atoms with E-state index in [0.29, 0.717) is 6.04 Å². The number of piperazine rings is 1. The van der Waals surface area contributed by atoms with Gasteiger partial charge in [0.25, 0.3) is 0 Å². The van der Waals surface area contributed by atoms with Crippen LogP contribution in [0.2, 0.25) is 0 Å². The molecule has 0 radical (unpaired) electrons. The van der Waals surface area contributed by atoms with Gasteiger partial charge in [0.05, 0.1) is 11.4 Å². The summed E-state index contributed by atoms with van der Waals surface area (Å²) in [6, 6.07) is 19.9. The normalized spacial score (nSPS) is 16.7. The molecule has 2 unspecified atom stereocenters. The molecule has 5 heteroatoms. The molecule has 1 saturated heterocycles. The Morgan fingerprint density at radius 3 is 2.36 bits per heavy atom. The van der Waals surface area contributed by atoms with Gasteiger partial charge in [-0.15, -0.1) is 0 Å². The van der Waals surface area contributed by atoms with Crippen molar-refractivity contribution in [2.45, 2.75) is 53.1 Å². The number of nitrogens with zero attached hydrogens (tertiary/aromatic N) is 4. The van der Waals surface area contributed by atoms with Crippen molar-refractivity contribution in [3.63, 3.8) is 0 Å². The molecule has 3 aromatic rings. The van der Waals surface area contributed by atoms with Crippen LogP contribution >= 0.6 is 0 Å². The number of nitrogens with one attached hydrogen (secondary N) is 1. The van der Waals surface area contributed by atoms with Crippen molar-refractivity contribution in [2.75, 3.05) is 37.6 Å². The van der Waals surface area contributed by atoms with Gasteiger partial charge in [0.1, 0.15) is 0 Å². The Bertz CT molecular complexity index is 1030. The van der Waals surface area contributed by atoms with Crippen LogP contribution in [0.5, 0.6) is 0 Å². The number of aryl methyl sites for hydroxylation is 2. The summed E-state index contributed by atoms with van der Waals surface area (Å²) in [6.45, 7) is 16.7. The first-order valence-electron chi connectivity index (χ1n) is 12.3. The highest BCUT2D eigenvalue weighted by molar-refractivity contribution is 5.56. The Morgan fingerprint density at radius 1 is 0.909 bits per heavy atom. The van der Waals surface area contributed by atoms with Crippen LogP contribution in [0, 0.1) is 20.8 Å². The molecule has 0 spiro atoms. The number of anilines is 1. The molecule has 2 aromatic carbocycles. The van der Waals surface area contributed by atoms with Crippen LogP contribution in [0.25, 0.3) is 5.69 Å². The molecule has 4 rings (SSSR count). The van der Waals surface area contributed by atoms with Crippen LogP contribution in [0.1, 0.15) is 48.8 Å². The van der Waals surface area contributed by atoms with Gasteiger partial charge >= 0.3 is 0 Å². The number of aromatic nitrogens is 2. The van der Waals surface area contributed by atoms with Gasteiger partial charge in [-0.25, -0.2) is 4.68 Å². The van der Waals surface area contributed by atoms with E-state index in [1.165, 1.54) is 22.5 Å². The molecule has 176 valence electrons. The first-order chi connectivity index (χ1) is 15.9. The van der Waals surface area contributed by atoms with Crippen molar-refractivity contribution in [1.82, 2.24) is 20.0 Å². The first kappa shape index (κ1) is 23.5. The lowest BCUT2D eigenvalue weighted by atomic mass is 10.1. The van der Waals surface area contributed by atoms with Gasteiger partial charge in [-0.1, -0.05) is 30.3 Å². The Labute approximate surface area is 199 Å². The molecule has 1 aliphatic rings. The maximum atomic E-state index is 4.87. The second-order valence-electron chi connectivity index (χ2n) is 9.58. The average molecular weight is 446 g/mol. The summed E-state index contributed by atoms with van der Waals surface area (Å²) in [5.41, 5.74) is 7.59. The van der Waals surface area contributed by atoms with E-state index in [2.05, 4.69) is 98.3 Å². The Balaban J connectivity index is 1.25. The molecule has 1 aromatic heterocycles. The molecule has 1 N–H and O–H groups in total. The van der Waals surface area contributed by atoms with E-state index >= 15 is 0 Å². The second-order valence-corrected chi connectivity index (χ2v) is 9.58. The molecule has 2 heterocycles. The first-order valence-corrected chi connectivity index (χ1v) is 12.3. The lowest BCUT2D eigenvalue weighted by molar-refractivity contribution is 0.242. The fourth-order valence-corrected chi connectivity index (χ4v) is 4.80. The second kappa shape index (κ2) is 10.5. The number of para-hydroxylation sites is 1. The van der Waals surface area contributed by atoms with Gasteiger partial charge in [-0.2, -0.15) is 5.10 Å². The zero-order valence-corrected chi connectivity index (χ0v) is 20.9. The lowest BCUT2D eigenvalue weighted by Gasteiger charge is -2.37. The van der Waals surface area contributed by atoms with E-state index in [1.807, 2.05) is 10.7 Å². The molecular formula is C28H39N5. The quantitative estimate of drug-likeness (QED) is 0.526. The molecule has 0 saturated carbocycles. The molecular weight excluding hydrogens is 406 g/mol. The summed E-state index contributed by atoms with van der Waals surface area (Å²) < 4.78 is 2.04. The summed E-state index contributed by atoms with van der Waals surface area (Å²) in [6.07, 6.45) is 1.15. The van der Waals surface area contributed by atoms with Crippen LogP contribution in [0.3, 0.4) is 0 Å². The Morgan fingerprint density at radius 2 is 1.64 bits per heavy atom. The lowest BCUT2D eigenvalue weighted by Crippen LogP contribution is -2.47. The number of hydrogen-bond acceptors (Lipinski definition) is 4. The van der Waals surface area contributed by atoms with E-state index in [9.17, 15) is 0 Å². The molecule has 2 atom stereocenters.